The van der Waals surface area contributed by atoms with Crippen molar-refractivity contribution >= 4 is 0 Å². The molecular formula is C26H31N. The van der Waals surface area contributed by atoms with E-state index in [0.29, 0.717) is 0 Å². The van der Waals surface area contributed by atoms with Crippen LogP contribution in [0.1, 0.15) is 36.0 Å². The summed E-state index contributed by atoms with van der Waals surface area (Å²) in [4.78, 5) is 0. The maximum Gasteiger partial charge on any atom is -0.00202 e. The summed E-state index contributed by atoms with van der Waals surface area (Å²) in [6.07, 6.45) is 6.73. The molecule has 0 atom stereocenters. The molecule has 2 N–H and O–H groups in total. The van der Waals surface area contributed by atoms with E-state index in [4.69, 9.17) is 5.73 Å². The Morgan fingerprint density at radius 3 is 1.04 bits per heavy atom. The standard InChI is InChI=1S/C26H31N/c27-22-26(19-16-23-10-4-1-5-11-23,20-17-24-12-6-2-7-13-24)21-18-25-14-8-3-9-15-25/h1-15H,16-22,27H2. The van der Waals surface area contributed by atoms with Gasteiger partial charge in [-0.15, -0.1) is 0 Å². The molecule has 27 heavy (non-hydrogen) atoms. The van der Waals surface area contributed by atoms with Gasteiger partial charge in [0.05, 0.1) is 0 Å². The van der Waals surface area contributed by atoms with Gasteiger partial charge in [-0.1, -0.05) is 91.0 Å². The second-order valence-corrected chi connectivity index (χ2v) is 7.66. The summed E-state index contributed by atoms with van der Waals surface area (Å²) in [5, 5.41) is 0. The van der Waals surface area contributed by atoms with Crippen LogP contribution in [0.15, 0.2) is 91.0 Å². The molecule has 3 aromatic rings. The van der Waals surface area contributed by atoms with Crippen LogP contribution in [0.25, 0.3) is 0 Å². The average Bonchev–Trinajstić information content (AvgIpc) is 2.76. The highest BCUT2D eigenvalue weighted by molar-refractivity contribution is 5.18. The summed E-state index contributed by atoms with van der Waals surface area (Å²) >= 11 is 0. The molecular weight excluding hydrogens is 326 g/mol. The van der Waals surface area contributed by atoms with Crippen molar-refractivity contribution in [2.24, 2.45) is 11.1 Å². The molecule has 0 spiro atoms. The highest BCUT2D eigenvalue weighted by Crippen LogP contribution is 2.34. The third kappa shape index (κ3) is 6.08. The topological polar surface area (TPSA) is 26.0 Å². The van der Waals surface area contributed by atoms with Crippen molar-refractivity contribution in [3.63, 3.8) is 0 Å². The van der Waals surface area contributed by atoms with Gasteiger partial charge in [-0.05, 0) is 67.2 Å². The molecule has 0 heterocycles. The maximum atomic E-state index is 6.40. The van der Waals surface area contributed by atoms with Crippen molar-refractivity contribution in [3.05, 3.63) is 108 Å². The van der Waals surface area contributed by atoms with Gasteiger partial charge < -0.3 is 5.73 Å². The highest BCUT2D eigenvalue weighted by Gasteiger charge is 2.28. The molecule has 0 radical (unpaired) electrons. The van der Waals surface area contributed by atoms with E-state index in [0.717, 1.165) is 45.1 Å². The van der Waals surface area contributed by atoms with Gasteiger partial charge in [0.15, 0.2) is 0 Å². The Morgan fingerprint density at radius 2 is 0.778 bits per heavy atom. The molecule has 1 nitrogen and oxygen atoms in total. The van der Waals surface area contributed by atoms with Crippen molar-refractivity contribution in [3.8, 4) is 0 Å². The second-order valence-electron chi connectivity index (χ2n) is 7.66. The fourth-order valence-corrected chi connectivity index (χ4v) is 3.84. The molecule has 0 aliphatic rings. The second kappa shape index (κ2) is 10.1. The highest BCUT2D eigenvalue weighted by atomic mass is 14.6. The average molecular weight is 358 g/mol. The first kappa shape index (κ1) is 19.4. The first-order valence-electron chi connectivity index (χ1n) is 10.1. The Labute approximate surface area is 164 Å². The third-order valence-electron chi connectivity index (χ3n) is 5.79. The number of nitrogens with two attached hydrogens (primary N) is 1. The molecule has 0 saturated heterocycles. The van der Waals surface area contributed by atoms with Crippen molar-refractivity contribution in [2.45, 2.75) is 38.5 Å². The number of aryl methyl sites for hydroxylation is 3. The van der Waals surface area contributed by atoms with Crippen LogP contribution in [0.2, 0.25) is 0 Å². The molecule has 0 aliphatic carbocycles. The van der Waals surface area contributed by atoms with Gasteiger partial charge in [-0.2, -0.15) is 0 Å². The monoisotopic (exact) mass is 357 g/mol. The molecule has 0 aliphatic heterocycles. The van der Waals surface area contributed by atoms with Crippen LogP contribution in [-0.2, 0) is 19.3 Å². The van der Waals surface area contributed by atoms with E-state index in [-0.39, 0.29) is 5.41 Å². The summed E-state index contributed by atoms with van der Waals surface area (Å²) < 4.78 is 0. The molecule has 140 valence electrons. The van der Waals surface area contributed by atoms with Crippen molar-refractivity contribution in [1.82, 2.24) is 0 Å². The van der Waals surface area contributed by atoms with E-state index >= 15 is 0 Å². The van der Waals surface area contributed by atoms with E-state index in [1.54, 1.807) is 0 Å². The summed E-state index contributed by atoms with van der Waals surface area (Å²) in [7, 11) is 0. The van der Waals surface area contributed by atoms with Crippen LogP contribution in [-0.4, -0.2) is 6.54 Å². The lowest BCUT2D eigenvalue weighted by Crippen LogP contribution is -2.32. The zero-order valence-electron chi connectivity index (χ0n) is 16.2. The molecule has 0 fully saturated rings. The maximum absolute atomic E-state index is 6.40. The lowest BCUT2D eigenvalue weighted by Gasteiger charge is -2.33. The Balaban J connectivity index is 1.70. The minimum absolute atomic E-state index is 0.182. The SMILES string of the molecule is NCC(CCc1ccccc1)(CCc1ccccc1)CCc1ccccc1. The van der Waals surface area contributed by atoms with Gasteiger partial charge in [0.1, 0.15) is 0 Å². The van der Waals surface area contributed by atoms with Crippen LogP contribution < -0.4 is 5.73 Å². The fraction of sp³-hybridized carbons (Fsp3) is 0.308. The summed E-state index contributed by atoms with van der Waals surface area (Å²) in [6.45, 7) is 0.750. The first-order valence-corrected chi connectivity index (χ1v) is 10.1. The molecule has 0 aromatic heterocycles. The Kier molecular flexibility index (Phi) is 7.24. The zero-order valence-corrected chi connectivity index (χ0v) is 16.2. The predicted molar refractivity (Wildman–Crippen MR) is 116 cm³/mol. The Hall–Kier alpha value is -2.38. The smallest absolute Gasteiger partial charge is 0.00202 e. The lowest BCUT2D eigenvalue weighted by molar-refractivity contribution is 0.229. The number of rotatable bonds is 10. The predicted octanol–water partition coefficient (Wildman–Crippen LogP) is 5.83. The molecule has 1 heteroatoms. The van der Waals surface area contributed by atoms with E-state index in [9.17, 15) is 0 Å². The van der Waals surface area contributed by atoms with Gasteiger partial charge in [0.25, 0.3) is 0 Å². The normalized spacial score (nSPS) is 11.4. The fourth-order valence-electron chi connectivity index (χ4n) is 3.84. The number of hydrogen-bond donors (Lipinski definition) is 1. The molecule has 0 amide bonds. The minimum atomic E-state index is 0.182. The van der Waals surface area contributed by atoms with Gasteiger partial charge in [0, 0.05) is 0 Å². The van der Waals surface area contributed by atoms with Gasteiger partial charge in [0.2, 0.25) is 0 Å². The van der Waals surface area contributed by atoms with Crippen LogP contribution >= 0.6 is 0 Å². The van der Waals surface area contributed by atoms with Crippen molar-refractivity contribution < 1.29 is 0 Å². The largest absolute Gasteiger partial charge is 0.330 e. The van der Waals surface area contributed by atoms with Gasteiger partial charge in [-0.3, -0.25) is 0 Å². The minimum Gasteiger partial charge on any atom is -0.330 e. The summed E-state index contributed by atoms with van der Waals surface area (Å²) in [6, 6.07) is 32.4. The number of benzene rings is 3. The molecule has 3 aromatic carbocycles. The van der Waals surface area contributed by atoms with Crippen LogP contribution in [0.5, 0.6) is 0 Å². The van der Waals surface area contributed by atoms with E-state index in [1.165, 1.54) is 16.7 Å². The first-order chi connectivity index (χ1) is 13.3. The number of hydrogen-bond acceptors (Lipinski definition) is 1. The van der Waals surface area contributed by atoms with E-state index < -0.39 is 0 Å². The van der Waals surface area contributed by atoms with Crippen molar-refractivity contribution in [1.29, 1.82) is 0 Å². The van der Waals surface area contributed by atoms with Crippen LogP contribution in [0, 0.1) is 5.41 Å². The van der Waals surface area contributed by atoms with Crippen molar-refractivity contribution in [2.75, 3.05) is 6.54 Å². The Morgan fingerprint density at radius 1 is 0.481 bits per heavy atom. The molecule has 0 bridgehead atoms. The van der Waals surface area contributed by atoms with Gasteiger partial charge >= 0.3 is 0 Å². The Bertz CT molecular complexity index is 659. The van der Waals surface area contributed by atoms with E-state index in [2.05, 4.69) is 91.0 Å². The zero-order chi connectivity index (χ0) is 18.8. The van der Waals surface area contributed by atoms with Crippen LogP contribution in [0.4, 0.5) is 0 Å². The van der Waals surface area contributed by atoms with Crippen LogP contribution in [0.3, 0.4) is 0 Å². The van der Waals surface area contributed by atoms with E-state index in [1.807, 2.05) is 0 Å². The lowest BCUT2D eigenvalue weighted by atomic mass is 9.73. The molecule has 0 saturated carbocycles. The molecule has 3 rings (SSSR count). The summed E-state index contributed by atoms with van der Waals surface area (Å²) in [5.41, 5.74) is 10.8. The van der Waals surface area contributed by atoms with Gasteiger partial charge in [-0.25, -0.2) is 0 Å². The quantitative estimate of drug-likeness (QED) is 0.485. The third-order valence-corrected chi connectivity index (χ3v) is 5.79. The molecule has 0 unspecified atom stereocenters. The summed E-state index contributed by atoms with van der Waals surface area (Å²) in [5.74, 6) is 0.